The number of nitriles is 1. The van der Waals surface area contributed by atoms with Crippen LogP contribution in [-0.4, -0.2) is 18.9 Å². The highest BCUT2D eigenvalue weighted by molar-refractivity contribution is 6.00. The first-order valence-corrected chi connectivity index (χ1v) is 8.17. The molecular weight excluding hydrogens is 300 g/mol. The van der Waals surface area contributed by atoms with Crippen LogP contribution in [0.25, 0.3) is 0 Å². The highest BCUT2D eigenvalue weighted by Gasteiger charge is 2.21. The molecule has 0 unspecified atom stereocenters. The van der Waals surface area contributed by atoms with Crippen LogP contribution in [0.15, 0.2) is 36.4 Å². The fraction of sp³-hybridized carbons (Fsp3) is 0.300. The third-order valence-corrected chi connectivity index (χ3v) is 4.35. The first-order valence-electron chi connectivity index (χ1n) is 8.17. The van der Waals surface area contributed by atoms with Crippen molar-refractivity contribution in [1.82, 2.24) is 0 Å². The number of anilines is 1. The lowest BCUT2D eigenvalue weighted by Gasteiger charge is -2.32. The molecule has 0 saturated carbocycles. The topological polar surface area (TPSA) is 53.3 Å². The number of nitrogens with zero attached hydrogens (tertiary/aromatic N) is 2. The SMILES string of the molecule is CCOc1ccc2c(c1)CN(c1cc(C#N)ccc1C(C)=O)CC2. The molecule has 0 radical (unpaired) electrons. The minimum absolute atomic E-state index is 0.0170. The van der Waals surface area contributed by atoms with Crippen molar-refractivity contribution in [3.63, 3.8) is 0 Å². The predicted octanol–water partition coefficient (Wildman–Crippen LogP) is 3.72. The minimum Gasteiger partial charge on any atom is -0.494 e. The van der Waals surface area contributed by atoms with E-state index in [2.05, 4.69) is 23.1 Å². The molecular formula is C20H20N2O2. The molecule has 0 N–H and O–H groups in total. The van der Waals surface area contributed by atoms with Gasteiger partial charge in [-0.1, -0.05) is 6.07 Å². The Morgan fingerprint density at radius 1 is 1.25 bits per heavy atom. The highest BCUT2D eigenvalue weighted by Crippen LogP contribution is 2.30. The number of hydrogen-bond acceptors (Lipinski definition) is 4. The molecule has 0 amide bonds. The summed E-state index contributed by atoms with van der Waals surface area (Å²) in [5.41, 5.74) is 4.61. The third-order valence-electron chi connectivity index (χ3n) is 4.35. The van der Waals surface area contributed by atoms with Crippen LogP contribution >= 0.6 is 0 Å². The van der Waals surface area contributed by atoms with Crippen molar-refractivity contribution in [2.24, 2.45) is 0 Å². The average molecular weight is 320 g/mol. The number of Topliss-reactive ketones (excluding diaryl/α,β-unsaturated/α-hetero) is 1. The summed E-state index contributed by atoms with van der Waals surface area (Å²) in [5, 5.41) is 9.17. The lowest BCUT2D eigenvalue weighted by molar-refractivity contribution is 0.101. The zero-order valence-electron chi connectivity index (χ0n) is 14.0. The van der Waals surface area contributed by atoms with E-state index in [0.29, 0.717) is 24.3 Å². The zero-order valence-corrected chi connectivity index (χ0v) is 14.0. The number of hydrogen-bond donors (Lipinski definition) is 0. The molecule has 0 spiro atoms. The Kier molecular flexibility index (Phi) is 4.52. The Hall–Kier alpha value is -2.80. The van der Waals surface area contributed by atoms with E-state index in [4.69, 9.17) is 4.74 Å². The Morgan fingerprint density at radius 3 is 2.79 bits per heavy atom. The maximum atomic E-state index is 12.0. The predicted molar refractivity (Wildman–Crippen MR) is 93.5 cm³/mol. The van der Waals surface area contributed by atoms with Gasteiger partial charge < -0.3 is 9.64 Å². The molecule has 4 nitrogen and oxygen atoms in total. The van der Waals surface area contributed by atoms with E-state index in [1.54, 1.807) is 19.1 Å². The van der Waals surface area contributed by atoms with E-state index in [1.165, 1.54) is 11.1 Å². The number of ketones is 1. The second kappa shape index (κ2) is 6.76. The monoisotopic (exact) mass is 320 g/mol. The molecule has 0 aromatic heterocycles. The van der Waals surface area contributed by atoms with Crippen LogP contribution in [-0.2, 0) is 13.0 Å². The summed E-state index contributed by atoms with van der Waals surface area (Å²) in [6.45, 7) is 5.72. The van der Waals surface area contributed by atoms with E-state index >= 15 is 0 Å². The Morgan fingerprint density at radius 2 is 2.08 bits per heavy atom. The smallest absolute Gasteiger partial charge is 0.161 e. The van der Waals surface area contributed by atoms with E-state index in [1.807, 2.05) is 19.1 Å². The minimum atomic E-state index is 0.0170. The van der Waals surface area contributed by atoms with Gasteiger partial charge in [0.1, 0.15) is 5.75 Å². The molecule has 122 valence electrons. The largest absolute Gasteiger partial charge is 0.494 e. The molecule has 2 aromatic carbocycles. The van der Waals surface area contributed by atoms with Gasteiger partial charge in [0.2, 0.25) is 0 Å². The van der Waals surface area contributed by atoms with Crippen LogP contribution in [0, 0.1) is 11.3 Å². The van der Waals surface area contributed by atoms with Gasteiger partial charge in [0, 0.05) is 24.3 Å². The fourth-order valence-corrected chi connectivity index (χ4v) is 3.16. The maximum Gasteiger partial charge on any atom is 0.161 e. The van der Waals surface area contributed by atoms with Crippen molar-refractivity contribution < 1.29 is 9.53 Å². The van der Waals surface area contributed by atoms with Crippen molar-refractivity contribution in [3.8, 4) is 11.8 Å². The van der Waals surface area contributed by atoms with Crippen molar-refractivity contribution in [2.75, 3.05) is 18.1 Å². The Balaban J connectivity index is 1.96. The zero-order chi connectivity index (χ0) is 17.1. The summed E-state index contributed by atoms with van der Waals surface area (Å²) in [6, 6.07) is 13.6. The van der Waals surface area contributed by atoms with Crippen LogP contribution in [0.1, 0.15) is 40.9 Å². The van der Waals surface area contributed by atoms with Crippen molar-refractivity contribution in [3.05, 3.63) is 58.7 Å². The third kappa shape index (κ3) is 3.11. The summed E-state index contributed by atoms with van der Waals surface area (Å²) in [5.74, 6) is 0.888. The van der Waals surface area contributed by atoms with Gasteiger partial charge in [0.05, 0.1) is 18.2 Å². The van der Waals surface area contributed by atoms with E-state index < -0.39 is 0 Å². The summed E-state index contributed by atoms with van der Waals surface area (Å²) >= 11 is 0. The van der Waals surface area contributed by atoms with E-state index in [-0.39, 0.29) is 5.78 Å². The van der Waals surface area contributed by atoms with Gasteiger partial charge in [0.25, 0.3) is 0 Å². The van der Waals surface area contributed by atoms with Crippen molar-refractivity contribution >= 4 is 11.5 Å². The number of benzene rings is 2. The molecule has 4 heteroatoms. The van der Waals surface area contributed by atoms with Gasteiger partial charge in [-0.15, -0.1) is 0 Å². The van der Waals surface area contributed by atoms with Crippen LogP contribution in [0.4, 0.5) is 5.69 Å². The molecule has 24 heavy (non-hydrogen) atoms. The fourth-order valence-electron chi connectivity index (χ4n) is 3.16. The standard InChI is InChI=1S/C20H20N2O2/c1-3-24-18-6-5-16-8-9-22(13-17(16)11-18)20-10-15(12-21)4-7-19(20)14(2)23/h4-7,10-11H,3,8-9,13H2,1-2H3. The second-order valence-electron chi connectivity index (χ2n) is 5.94. The first-order chi connectivity index (χ1) is 11.6. The normalized spacial score (nSPS) is 13.1. The van der Waals surface area contributed by atoms with E-state index in [9.17, 15) is 10.1 Å². The number of carbonyl (C=O) groups excluding carboxylic acids is 1. The van der Waals surface area contributed by atoms with Gasteiger partial charge in [-0.25, -0.2) is 0 Å². The molecule has 0 atom stereocenters. The summed E-state index contributed by atoms with van der Waals surface area (Å²) in [6.07, 6.45) is 0.913. The molecule has 2 aromatic rings. The average Bonchev–Trinajstić information content (AvgIpc) is 2.60. The Labute approximate surface area is 142 Å². The number of fused-ring (bicyclic) bond motifs is 1. The number of ether oxygens (including phenoxy) is 1. The van der Waals surface area contributed by atoms with Crippen molar-refractivity contribution in [2.45, 2.75) is 26.8 Å². The Bertz CT molecular complexity index is 821. The molecule has 0 saturated heterocycles. The maximum absolute atomic E-state index is 12.0. The molecule has 0 bridgehead atoms. The summed E-state index contributed by atoms with van der Waals surface area (Å²) in [4.78, 5) is 14.1. The molecule has 0 aliphatic carbocycles. The molecule has 1 aliphatic rings. The van der Waals surface area contributed by atoms with Gasteiger partial charge in [-0.2, -0.15) is 5.26 Å². The van der Waals surface area contributed by atoms with Crippen LogP contribution < -0.4 is 9.64 Å². The second-order valence-corrected chi connectivity index (χ2v) is 5.94. The van der Waals surface area contributed by atoms with Gasteiger partial charge in [-0.05, 0) is 61.7 Å². The lowest BCUT2D eigenvalue weighted by atomic mass is 9.97. The first kappa shape index (κ1) is 16.1. The number of carbonyl (C=O) groups is 1. The van der Waals surface area contributed by atoms with Crippen LogP contribution in [0.2, 0.25) is 0 Å². The van der Waals surface area contributed by atoms with Gasteiger partial charge in [-0.3, -0.25) is 4.79 Å². The lowest BCUT2D eigenvalue weighted by Crippen LogP contribution is -2.31. The van der Waals surface area contributed by atoms with Crippen LogP contribution in [0.5, 0.6) is 5.75 Å². The summed E-state index contributed by atoms with van der Waals surface area (Å²) in [7, 11) is 0. The van der Waals surface area contributed by atoms with Crippen molar-refractivity contribution in [1.29, 1.82) is 5.26 Å². The molecule has 1 aliphatic heterocycles. The molecule has 1 heterocycles. The summed E-state index contributed by atoms with van der Waals surface area (Å²) < 4.78 is 5.60. The van der Waals surface area contributed by atoms with Gasteiger partial charge >= 0.3 is 0 Å². The highest BCUT2D eigenvalue weighted by atomic mass is 16.5. The number of rotatable bonds is 4. The molecule has 3 rings (SSSR count). The molecule has 0 fully saturated rings. The van der Waals surface area contributed by atoms with E-state index in [0.717, 1.165) is 24.4 Å². The van der Waals surface area contributed by atoms with Crippen LogP contribution in [0.3, 0.4) is 0 Å². The van der Waals surface area contributed by atoms with Gasteiger partial charge in [0.15, 0.2) is 5.78 Å². The quantitative estimate of drug-likeness (QED) is 0.806.